The number of carbonyl (C=O) groups is 1. The molecule has 0 radical (unpaired) electrons. The van der Waals surface area contributed by atoms with E-state index in [0.29, 0.717) is 23.8 Å². The third-order valence-electron chi connectivity index (χ3n) is 2.55. The van der Waals surface area contributed by atoms with Crippen LogP contribution in [-0.2, 0) is 11.3 Å². The molecule has 0 unspecified atom stereocenters. The molecular formula is C12H15N5O2. The molecule has 100 valence electrons. The molecule has 2 aromatic rings. The molecule has 0 saturated carbocycles. The molecule has 7 nitrogen and oxygen atoms in total. The topological polar surface area (TPSA) is 95.9 Å². The maximum atomic E-state index is 11.9. The van der Waals surface area contributed by atoms with E-state index in [4.69, 9.17) is 10.5 Å². The highest BCUT2D eigenvalue weighted by Gasteiger charge is 2.24. The molecule has 2 aromatic heterocycles. The number of rotatable bonds is 4. The summed E-state index contributed by atoms with van der Waals surface area (Å²) in [5.41, 5.74) is 6.56. The third-order valence-corrected chi connectivity index (χ3v) is 2.55. The zero-order valence-electron chi connectivity index (χ0n) is 10.8. The van der Waals surface area contributed by atoms with Gasteiger partial charge < -0.3 is 10.5 Å². The quantitative estimate of drug-likeness (QED) is 0.828. The highest BCUT2D eigenvalue weighted by molar-refractivity contribution is 5.97. The van der Waals surface area contributed by atoms with Crippen molar-refractivity contribution in [3.8, 4) is 11.4 Å². The number of carbonyl (C=O) groups excluding carboxylic acids is 1. The lowest BCUT2D eigenvalue weighted by atomic mass is 10.2. The van der Waals surface area contributed by atoms with Crippen LogP contribution in [0.3, 0.4) is 0 Å². The average Bonchev–Trinajstić information content (AvgIpc) is 2.77. The van der Waals surface area contributed by atoms with Gasteiger partial charge in [-0.3, -0.25) is 0 Å². The normalized spacial score (nSPS) is 10.4. The summed E-state index contributed by atoms with van der Waals surface area (Å²) in [4.78, 5) is 20.1. The maximum Gasteiger partial charge on any atom is 0.359 e. The van der Waals surface area contributed by atoms with Crippen molar-refractivity contribution >= 4 is 11.8 Å². The number of ether oxygens (including phenoxy) is 1. The summed E-state index contributed by atoms with van der Waals surface area (Å²) in [6.45, 7) is 4.43. The van der Waals surface area contributed by atoms with Crippen LogP contribution in [0.15, 0.2) is 18.5 Å². The first-order valence-corrected chi connectivity index (χ1v) is 5.99. The smallest absolute Gasteiger partial charge is 0.359 e. The van der Waals surface area contributed by atoms with E-state index in [-0.39, 0.29) is 12.3 Å². The van der Waals surface area contributed by atoms with E-state index >= 15 is 0 Å². The molecule has 0 saturated heterocycles. The number of esters is 1. The van der Waals surface area contributed by atoms with Crippen molar-refractivity contribution in [2.45, 2.75) is 20.4 Å². The first kappa shape index (κ1) is 13.0. The molecule has 0 aromatic carbocycles. The van der Waals surface area contributed by atoms with Crippen molar-refractivity contribution in [2.75, 3.05) is 12.3 Å². The standard InChI is InChI=1S/C12H15N5O2/c1-3-17-10(13)8(11-14-6-5-7-15-11)9(16-17)12(18)19-4-2/h5-7H,3-4,13H2,1-2H3. The molecule has 2 heterocycles. The summed E-state index contributed by atoms with van der Waals surface area (Å²) >= 11 is 0. The molecule has 0 bridgehead atoms. The van der Waals surface area contributed by atoms with Gasteiger partial charge >= 0.3 is 5.97 Å². The van der Waals surface area contributed by atoms with Crippen LogP contribution in [-0.4, -0.2) is 32.3 Å². The Bertz CT molecular complexity index is 579. The van der Waals surface area contributed by atoms with E-state index in [1.807, 2.05) is 6.92 Å². The van der Waals surface area contributed by atoms with Crippen LogP contribution in [0.1, 0.15) is 24.3 Å². The third kappa shape index (κ3) is 2.40. The summed E-state index contributed by atoms with van der Waals surface area (Å²) in [7, 11) is 0. The van der Waals surface area contributed by atoms with Crippen LogP contribution in [0.4, 0.5) is 5.82 Å². The van der Waals surface area contributed by atoms with E-state index in [1.54, 1.807) is 25.4 Å². The van der Waals surface area contributed by atoms with Gasteiger partial charge in [0.1, 0.15) is 5.82 Å². The van der Waals surface area contributed by atoms with E-state index in [2.05, 4.69) is 15.1 Å². The van der Waals surface area contributed by atoms with Crippen LogP contribution in [0.5, 0.6) is 0 Å². The summed E-state index contributed by atoms with van der Waals surface area (Å²) < 4.78 is 6.50. The van der Waals surface area contributed by atoms with Crippen LogP contribution >= 0.6 is 0 Å². The molecular weight excluding hydrogens is 246 g/mol. The van der Waals surface area contributed by atoms with Gasteiger partial charge in [0.15, 0.2) is 11.5 Å². The van der Waals surface area contributed by atoms with Gasteiger partial charge in [-0.15, -0.1) is 0 Å². The Balaban J connectivity index is 2.57. The minimum atomic E-state index is -0.524. The number of anilines is 1. The monoisotopic (exact) mass is 261 g/mol. The average molecular weight is 261 g/mol. The van der Waals surface area contributed by atoms with Crippen LogP contribution in [0.25, 0.3) is 11.4 Å². The molecule has 0 spiro atoms. The Hall–Kier alpha value is -2.44. The van der Waals surface area contributed by atoms with Crippen molar-refractivity contribution in [3.05, 3.63) is 24.2 Å². The molecule has 19 heavy (non-hydrogen) atoms. The maximum absolute atomic E-state index is 11.9. The number of nitrogens with zero attached hydrogens (tertiary/aromatic N) is 4. The highest BCUT2D eigenvalue weighted by atomic mass is 16.5. The van der Waals surface area contributed by atoms with E-state index in [1.165, 1.54) is 4.68 Å². The zero-order valence-corrected chi connectivity index (χ0v) is 10.8. The minimum Gasteiger partial charge on any atom is -0.461 e. The van der Waals surface area contributed by atoms with Crippen molar-refractivity contribution < 1.29 is 9.53 Å². The first-order valence-electron chi connectivity index (χ1n) is 5.99. The van der Waals surface area contributed by atoms with Gasteiger partial charge in [-0.25, -0.2) is 19.4 Å². The number of nitrogens with two attached hydrogens (primary N) is 1. The van der Waals surface area contributed by atoms with Gasteiger partial charge in [0, 0.05) is 18.9 Å². The Labute approximate surface area is 110 Å². The van der Waals surface area contributed by atoms with Crippen molar-refractivity contribution in [1.82, 2.24) is 19.7 Å². The molecule has 7 heteroatoms. The molecule has 0 aliphatic carbocycles. The SMILES string of the molecule is CCOC(=O)c1nn(CC)c(N)c1-c1ncccn1. The van der Waals surface area contributed by atoms with Gasteiger partial charge in [0.05, 0.1) is 12.2 Å². The van der Waals surface area contributed by atoms with Gasteiger partial charge in [0.25, 0.3) is 0 Å². The molecule has 0 amide bonds. The largest absolute Gasteiger partial charge is 0.461 e. The highest BCUT2D eigenvalue weighted by Crippen LogP contribution is 2.27. The fourth-order valence-corrected chi connectivity index (χ4v) is 1.71. The minimum absolute atomic E-state index is 0.146. The van der Waals surface area contributed by atoms with Crippen molar-refractivity contribution in [2.24, 2.45) is 0 Å². The van der Waals surface area contributed by atoms with Crippen molar-refractivity contribution in [1.29, 1.82) is 0 Å². The molecule has 0 aliphatic heterocycles. The second kappa shape index (κ2) is 5.47. The zero-order chi connectivity index (χ0) is 13.8. The number of aryl methyl sites for hydroxylation is 1. The van der Waals surface area contributed by atoms with Crippen LogP contribution < -0.4 is 5.73 Å². The Morgan fingerprint density at radius 3 is 2.63 bits per heavy atom. The molecule has 2 rings (SSSR count). The number of nitrogen functional groups attached to an aromatic ring is 1. The van der Waals surface area contributed by atoms with Crippen molar-refractivity contribution in [3.63, 3.8) is 0 Å². The van der Waals surface area contributed by atoms with Gasteiger partial charge in [0.2, 0.25) is 0 Å². The number of aromatic nitrogens is 4. The van der Waals surface area contributed by atoms with Gasteiger partial charge in [-0.05, 0) is 19.9 Å². The predicted molar refractivity (Wildman–Crippen MR) is 69.3 cm³/mol. The molecule has 2 N–H and O–H groups in total. The van der Waals surface area contributed by atoms with E-state index in [9.17, 15) is 4.79 Å². The summed E-state index contributed by atoms with van der Waals surface area (Å²) in [5, 5.41) is 4.16. The first-order chi connectivity index (χ1) is 9.19. The van der Waals surface area contributed by atoms with Crippen LogP contribution in [0.2, 0.25) is 0 Å². The summed E-state index contributed by atoms with van der Waals surface area (Å²) in [6.07, 6.45) is 3.17. The predicted octanol–water partition coefficient (Wildman–Crippen LogP) is 1.12. The lowest BCUT2D eigenvalue weighted by molar-refractivity contribution is 0.0519. The fourth-order valence-electron chi connectivity index (χ4n) is 1.71. The number of hydrogen-bond donors (Lipinski definition) is 1. The second-order valence-electron chi connectivity index (χ2n) is 3.72. The van der Waals surface area contributed by atoms with E-state index in [0.717, 1.165) is 0 Å². The summed E-state index contributed by atoms with van der Waals surface area (Å²) in [5.74, 6) is 0.198. The lowest BCUT2D eigenvalue weighted by Crippen LogP contribution is -2.08. The molecule has 0 atom stereocenters. The lowest BCUT2D eigenvalue weighted by Gasteiger charge is -2.02. The summed E-state index contributed by atoms with van der Waals surface area (Å²) in [6, 6.07) is 1.69. The van der Waals surface area contributed by atoms with Gasteiger partial charge in [-0.2, -0.15) is 5.10 Å². The Morgan fingerprint density at radius 1 is 1.37 bits per heavy atom. The molecule has 0 aliphatic rings. The second-order valence-corrected chi connectivity index (χ2v) is 3.72. The fraction of sp³-hybridized carbons (Fsp3) is 0.333. The molecule has 0 fully saturated rings. The Morgan fingerprint density at radius 2 is 2.05 bits per heavy atom. The number of hydrogen-bond acceptors (Lipinski definition) is 6. The Kier molecular flexibility index (Phi) is 3.74. The van der Waals surface area contributed by atoms with E-state index < -0.39 is 5.97 Å². The van der Waals surface area contributed by atoms with Crippen LogP contribution in [0, 0.1) is 0 Å². The van der Waals surface area contributed by atoms with Gasteiger partial charge in [-0.1, -0.05) is 0 Å².